The Morgan fingerprint density at radius 2 is 1.32 bits per heavy atom. The Morgan fingerprint density at radius 1 is 0.763 bits per heavy atom. The lowest BCUT2D eigenvalue weighted by molar-refractivity contribution is -0.141. The second-order valence-electron chi connectivity index (χ2n) is 8.87. The monoisotopic (exact) mass is 529 g/mol. The van der Waals surface area contributed by atoms with Crippen LogP contribution in [-0.2, 0) is 32.0 Å². The van der Waals surface area contributed by atoms with Gasteiger partial charge in [-0.2, -0.15) is 0 Å². The van der Waals surface area contributed by atoms with Gasteiger partial charge < -0.3 is 42.7 Å². The molecule has 3 unspecified atom stereocenters. The lowest BCUT2D eigenvalue weighted by atomic mass is 10.0. The predicted molar refractivity (Wildman–Crippen MR) is 139 cm³/mol. The molecule has 0 fully saturated rings. The first-order valence-electron chi connectivity index (χ1n) is 12.2. The van der Waals surface area contributed by atoms with E-state index in [9.17, 15) is 34.5 Å². The van der Waals surface area contributed by atoms with Crippen LogP contribution < -0.4 is 27.4 Å². The van der Waals surface area contributed by atoms with E-state index >= 15 is 0 Å². The van der Waals surface area contributed by atoms with Crippen LogP contribution in [-0.4, -0.2) is 70.2 Å². The summed E-state index contributed by atoms with van der Waals surface area (Å²) in [5.74, 6) is -3.04. The molecule has 12 heteroatoms. The standard InChI is InChI=1S/C26H35N5O7/c27-12-2-1-3-21(31-24(35)20(28)13-16-4-8-18(32)9-5-16)25(36)29-15-23(34)30-22(26(37)38)14-17-6-10-19(33)11-7-17/h4-11,20-22,32-33H,1-3,12-15,27-28H2,(H,29,36)(H,30,34)(H,31,35)(H,37,38). The molecule has 0 heterocycles. The predicted octanol–water partition coefficient (Wildman–Crippen LogP) is -0.490. The zero-order chi connectivity index (χ0) is 28.1. The van der Waals surface area contributed by atoms with Crippen molar-refractivity contribution < 1.29 is 34.5 Å². The molecule has 0 saturated heterocycles. The van der Waals surface area contributed by atoms with Crippen molar-refractivity contribution in [3.8, 4) is 11.5 Å². The van der Waals surface area contributed by atoms with Crippen LogP contribution >= 0.6 is 0 Å². The first kappa shape index (κ1) is 30.1. The molecule has 0 bridgehead atoms. The topological polar surface area (TPSA) is 217 Å². The second kappa shape index (κ2) is 15.2. The van der Waals surface area contributed by atoms with Crippen LogP contribution in [0.1, 0.15) is 30.4 Å². The summed E-state index contributed by atoms with van der Waals surface area (Å²) in [4.78, 5) is 49.4. The molecule has 0 spiro atoms. The molecule has 3 amide bonds. The quantitative estimate of drug-likeness (QED) is 0.139. The minimum Gasteiger partial charge on any atom is -0.508 e. The molecule has 2 rings (SSSR count). The molecular weight excluding hydrogens is 494 g/mol. The maximum absolute atomic E-state index is 12.8. The maximum Gasteiger partial charge on any atom is 0.326 e. The number of unbranched alkanes of at least 4 members (excludes halogenated alkanes) is 1. The first-order chi connectivity index (χ1) is 18.1. The van der Waals surface area contributed by atoms with Gasteiger partial charge in [0.1, 0.15) is 23.6 Å². The number of carbonyl (C=O) groups excluding carboxylic acids is 3. The van der Waals surface area contributed by atoms with E-state index in [2.05, 4.69) is 16.0 Å². The van der Waals surface area contributed by atoms with Crippen molar-refractivity contribution in [1.29, 1.82) is 0 Å². The Hall–Kier alpha value is -4.16. The number of aromatic hydroxyl groups is 2. The molecule has 0 radical (unpaired) electrons. The van der Waals surface area contributed by atoms with Gasteiger partial charge in [0.15, 0.2) is 0 Å². The molecule has 0 aliphatic carbocycles. The van der Waals surface area contributed by atoms with Crippen molar-refractivity contribution in [2.24, 2.45) is 11.5 Å². The van der Waals surface area contributed by atoms with E-state index in [0.717, 1.165) is 5.56 Å². The second-order valence-corrected chi connectivity index (χ2v) is 8.87. The number of benzene rings is 2. The summed E-state index contributed by atoms with van der Waals surface area (Å²) in [5.41, 5.74) is 12.9. The van der Waals surface area contributed by atoms with Crippen LogP contribution in [0.2, 0.25) is 0 Å². The fraction of sp³-hybridized carbons (Fsp3) is 0.385. The van der Waals surface area contributed by atoms with Crippen molar-refractivity contribution in [1.82, 2.24) is 16.0 Å². The SMILES string of the molecule is NCCCCC(NC(=O)C(N)Cc1ccc(O)cc1)C(=O)NCC(=O)NC(Cc1ccc(O)cc1)C(=O)O. The van der Waals surface area contributed by atoms with E-state index < -0.39 is 48.4 Å². The number of nitrogens with one attached hydrogen (secondary N) is 3. The maximum atomic E-state index is 12.8. The molecule has 2 aromatic carbocycles. The van der Waals surface area contributed by atoms with Crippen molar-refractivity contribution in [3.05, 3.63) is 59.7 Å². The average molecular weight is 530 g/mol. The summed E-state index contributed by atoms with van der Waals surface area (Å²) < 4.78 is 0. The van der Waals surface area contributed by atoms with Gasteiger partial charge >= 0.3 is 5.97 Å². The normalized spacial score (nSPS) is 13.1. The summed E-state index contributed by atoms with van der Waals surface area (Å²) in [7, 11) is 0. The van der Waals surface area contributed by atoms with Gasteiger partial charge in [0.05, 0.1) is 12.6 Å². The van der Waals surface area contributed by atoms with Crippen LogP contribution in [0.3, 0.4) is 0 Å². The molecular formula is C26H35N5O7. The largest absolute Gasteiger partial charge is 0.508 e. The number of phenolic OH excluding ortho intramolecular Hbond substituents is 2. The molecule has 0 aliphatic heterocycles. The summed E-state index contributed by atoms with van der Waals surface area (Å²) in [6.07, 6.45) is 1.59. The number of rotatable bonds is 15. The van der Waals surface area contributed by atoms with Gasteiger partial charge in [-0.3, -0.25) is 14.4 Å². The molecule has 2 aromatic rings. The number of carbonyl (C=O) groups is 4. The minimum atomic E-state index is -1.26. The molecule has 12 nitrogen and oxygen atoms in total. The van der Waals surface area contributed by atoms with Gasteiger partial charge in [-0.25, -0.2) is 4.79 Å². The Labute approximate surface area is 220 Å². The summed E-state index contributed by atoms with van der Waals surface area (Å²) in [6.45, 7) is -0.0936. The first-order valence-corrected chi connectivity index (χ1v) is 12.2. The van der Waals surface area contributed by atoms with E-state index in [1.165, 1.54) is 24.3 Å². The highest BCUT2D eigenvalue weighted by Gasteiger charge is 2.25. The number of hydrogen-bond acceptors (Lipinski definition) is 8. The molecule has 206 valence electrons. The number of carboxylic acid groups (broad SMARTS) is 1. The van der Waals surface area contributed by atoms with Crippen molar-refractivity contribution in [2.45, 2.75) is 50.2 Å². The van der Waals surface area contributed by atoms with Crippen molar-refractivity contribution >= 4 is 23.7 Å². The third-order valence-electron chi connectivity index (χ3n) is 5.74. The highest BCUT2D eigenvalue weighted by molar-refractivity contribution is 5.92. The van der Waals surface area contributed by atoms with E-state index in [1.807, 2.05) is 0 Å². The van der Waals surface area contributed by atoms with Gasteiger partial charge in [-0.15, -0.1) is 0 Å². The lowest BCUT2D eigenvalue weighted by Gasteiger charge is -2.21. The highest BCUT2D eigenvalue weighted by atomic mass is 16.4. The zero-order valence-electron chi connectivity index (χ0n) is 20.9. The minimum absolute atomic E-state index is 0.0218. The number of hydrogen-bond donors (Lipinski definition) is 8. The third-order valence-corrected chi connectivity index (χ3v) is 5.74. The fourth-order valence-electron chi connectivity index (χ4n) is 3.62. The molecule has 38 heavy (non-hydrogen) atoms. The van der Waals surface area contributed by atoms with Crippen LogP contribution in [0.5, 0.6) is 11.5 Å². The number of carboxylic acids is 1. The highest BCUT2D eigenvalue weighted by Crippen LogP contribution is 2.12. The fourth-order valence-corrected chi connectivity index (χ4v) is 3.62. The van der Waals surface area contributed by atoms with Gasteiger partial charge in [-0.05, 0) is 67.6 Å². The average Bonchev–Trinajstić information content (AvgIpc) is 2.88. The number of amides is 3. The van der Waals surface area contributed by atoms with E-state index in [4.69, 9.17) is 11.5 Å². The molecule has 0 aliphatic rings. The third kappa shape index (κ3) is 10.4. The van der Waals surface area contributed by atoms with E-state index in [-0.39, 0.29) is 30.8 Å². The summed E-state index contributed by atoms with van der Waals surface area (Å²) in [6, 6.07) is 8.96. The van der Waals surface area contributed by atoms with Gasteiger partial charge in [0, 0.05) is 6.42 Å². The number of phenols is 2. The molecule has 0 saturated carbocycles. The Balaban J connectivity index is 1.93. The van der Waals surface area contributed by atoms with Crippen LogP contribution in [0, 0.1) is 0 Å². The lowest BCUT2D eigenvalue weighted by Crippen LogP contribution is -2.54. The van der Waals surface area contributed by atoms with Gasteiger partial charge in [0.2, 0.25) is 17.7 Å². The van der Waals surface area contributed by atoms with E-state index in [0.29, 0.717) is 24.9 Å². The summed E-state index contributed by atoms with van der Waals surface area (Å²) in [5, 5.41) is 35.6. The Morgan fingerprint density at radius 3 is 1.84 bits per heavy atom. The number of aliphatic carboxylic acids is 1. The number of nitrogens with two attached hydrogens (primary N) is 2. The van der Waals surface area contributed by atoms with Crippen LogP contribution in [0.4, 0.5) is 0 Å². The van der Waals surface area contributed by atoms with Gasteiger partial charge in [0.25, 0.3) is 0 Å². The van der Waals surface area contributed by atoms with Gasteiger partial charge in [-0.1, -0.05) is 24.3 Å². The zero-order valence-corrected chi connectivity index (χ0v) is 20.9. The molecule has 3 atom stereocenters. The smallest absolute Gasteiger partial charge is 0.326 e. The Bertz CT molecular complexity index is 1080. The van der Waals surface area contributed by atoms with Crippen molar-refractivity contribution in [3.63, 3.8) is 0 Å². The van der Waals surface area contributed by atoms with Crippen molar-refractivity contribution in [2.75, 3.05) is 13.1 Å². The molecule has 0 aromatic heterocycles. The van der Waals surface area contributed by atoms with Crippen LogP contribution in [0.25, 0.3) is 0 Å². The Kier molecular flexibility index (Phi) is 12.0. The van der Waals surface area contributed by atoms with E-state index in [1.54, 1.807) is 24.3 Å². The molecule has 10 N–H and O–H groups in total. The summed E-state index contributed by atoms with van der Waals surface area (Å²) >= 11 is 0. The van der Waals surface area contributed by atoms with Crippen LogP contribution in [0.15, 0.2) is 48.5 Å².